The van der Waals surface area contributed by atoms with Crippen LogP contribution in [0.15, 0.2) is 24.3 Å². The SMILES string of the molecule is C[C@H]1CC[C@H](c2ccc(F)cc2)O1. The van der Waals surface area contributed by atoms with E-state index in [-0.39, 0.29) is 11.9 Å². The molecule has 70 valence electrons. The van der Waals surface area contributed by atoms with Crippen molar-refractivity contribution in [1.82, 2.24) is 0 Å². The summed E-state index contributed by atoms with van der Waals surface area (Å²) in [6, 6.07) is 6.58. The molecule has 2 atom stereocenters. The highest BCUT2D eigenvalue weighted by Gasteiger charge is 2.22. The lowest BCUT2D eigenvalue weighted by molar-refractivity contribution is 0.0555. The minimum atomic E-state index is -0.185. The number of ether oxygens (including phenoxy) is 1. The zero-order valence-corrected chi connectivity index (χ0v) is 7.66. The van der Waals surface area contributed by atoms with Gasteiger partial charge in [0.15, 0.2) is 0 Å². The number of rotatable bonds is 1. The van der Waals surface area contributed by atoms with E-state index in [4.69, 9.17) is 4.74 Å². The Balaban J connectivity index is 2.13. The lowest BCUT2D eigenvalue weighted by Gasteiger charge is -2.10. The summed E-state index contributed by atoms with van der Waals surface area (Å²) in [7, 11) is 0. The summed E-state index contributed by atoms with van der Waals surface area (Å²) in [5.74, 6) is -0.185. The quantitative estimate of drug-likeness (QED) is 0.645. The van der Waals surface area contributed by atoms with E-state index in [1.807, 2.05) is 0 Å². The number of halogens is 1. The molecule has 1 saturated heterocycles. The van der Waals surface area contributed by atoms with E-state index in [0.717, 1.165) is 18.4 Å². The van der Waals surface area contributed by atoms with E-state index in [0.29, 0.717) is 6.10 Å². The van der Waals surface area contributed by atoms with E-state index in [9.17, 15) is 4.39 Å². The van der Waals surface area contributed by atoms with Crippen molar-refractivity contribution in [1.29, 1.82) is 0 Å². The van der Waals surface area contributed by atoms with Gasteiger partial charge in [0.05, 0.1) is 12.2 Å². The molecule has 1 aromatic rings. The van der Waals surface area contributed by atoms with Gasteiger partial charge in [-0.3, -0.25) is 0 Å². The normalized spacial score (nSPS) is 27.8. The molecule has 1 aliphatic rings. The molecule has 0 amide bonds. The third-order valence-corrected chi connectivity index (χ3v) is 2.47. The molecule has 0 radical (unpaired) electrons. The predicted molar refractivity (Wildman–Crippen MR) is 48.9 cm³/mol. The van der Waals surface area contributed by atoms with Gasteiger partial charge < -0.3 is 4.74 Å². The van der Waals surface area contributed by atoms with Crippen LogP contribution in [0.3, 0.4) is 0 Å². The standard InChI is InChI=1S/C11H13FO/c1-8-2-7-11(13-8)9-3-5-10(12)6-4-9/h3-6,8,11H,2,7H2,1H3/t8-,11+/m0/s1. The molecular weight excluding hydrogens is 167 g/mol. The molecule has 1 nitrogen and oxygen atoms in total. The Labute approximate surface area is 77.5 Å². The van der Waals surface area contributed by atoms with Gasteiger partial charge in [0.1, 0.15) is 5.82 Å². The van der Waals surface area contributed by atoms with Crippen molar-refractivity contribution in [3.63, 3.8) is 0 Å². The Morgan fingerprint density at radius 3 is 2.46 bits per heavy atom. The smallest absolute Gasteiger partial charge is 0.123 e. The van der Waals surface area contributed by atoms with Crippen molar-refractivity contribution in [3.8, 4) is 0 Å². The van der Waals surface area contributed by atoms with Crippen molar-refractivity contribution in [2.75, 3.05) is 0 Å². The first-order valence-corrected chi connectivity index (χ1v) is 4.66. The van der Waals surface area contributed by atoms with Crippen LogP contribution in [0.2, 0.25) is 0 Å². The first-order chi connectivity index (χ1) is 6.25. The van der Waals surface area contributed by atoms with Crippen LogP contribution in [0.25, 0.3) is 0 Å². The second kappa shape index (κ2) is 3.46. The molecule has 1 aromatic carbocycles. The molecule has 13 heavy (non-hydrogen) atoms. The summed E-state index contributed by atoms with van der Waals surface area (Å²) < 4.78 is 18.3. The Morgan fingerprint density at radius 1 is 1.23 bits per heavy atom. The van der Waals surface area contributed by atoms with Crippen LogP contribution in [0.4, 0.5) is 4.39 Å². The number of hydrogen-bond acceptors (Lipinski definition) is 1. The summed E-state index contributed by atoms with van der Waals surface area (Å²) in [4.78, 5) is 0. The van der Waals surface area contributed by atoms with Crippen molar-refractivity contribution in [3.05, 3.63) is 35.6 Å². The first-order valence-electron chi connectivity index (χ1n) is 4.66. The van der Waals surface area contributed by atoms with E-state index in [2.05, 4.69) is 6.92 Å². The zero-order chi connectivity index (χ0) is 9.26. The Hall–Kier alpha value is -0.890. The highest BCUT2D eigenvalue weighted by atomic mass is 19.1. The molecule has 0 spiro atoms. The minimum Gasteiger partial charge on any atom is -0.371 e. The van der Waals surface area contributed by atoms with Crippen molar-refractivity contribution < 1.29 is 9.13 Å². The van der Waals surface area contributed by atoms with Gasteiger partial charge in [-0.1, -0.05) is 12.1 Å². The highest BCUT2D eigenvalue weighted by Crippen LogP contribution is 2.32. The number of hydrogen-bond donors (Lipinski definition) is 0. The maximum Gasteiger partial charge on any atom is 0.123 e. The monoisotopic (exact) mass is 180 g/mol. The zero-order valence-electron chi connectivity index (χ0n) is 7.66. The fourth-order valence-electron chi connectivity index (χ4n) is 1.73. The molecule has 0 unspecified atom stereocenters. The average Bonchev–Trinajstić information content (AvgIpc) is 2.53. The molecule has 1 heterocycles. The second-order valence-electron chi connectivity index (χ2n) is 3.56. The molecule has 1 aliphatic heterocycles. The molecule has 2 rings (SSSR count). The molecular formula is C11H13FO. The van der Waals surface area contributed by atoms with Gasteiger partial charge in [-0.05, 0) is 37.5 Å². The third kappa shape index (κ3) is 1.89. The molecule has 0 bridgehead atoms. The first kappa shape index (κ1) is 8.70. The van der Waals surface area contributed by atoms with Crippen LogP contribution in [0.5, 0.6) is 0 Å². The summed E-state index contributed by atoms with van der Waals surface area (Å²) in [5, 5.41) is 0. The van der Waals surface area contributed by atoms with E-state index < -0.39 is 0 Å². The number of benzene rings is 1. The van der Waals surface area contributed by atoms with Crippen LogP contribution in [-0.4, -0.2) is 6.10 Å². The van der Waals surface area contributed by atoms with Gasteiger partial charge in [-0.2, -0.15) is 0 Å². The Morgan fingerprint density at radius 2 is 1.92 bits per heavy atom. The summed E-state index contributed by atoms with van der Waals surface area (Å²) in [6.07, 6.45) is 2.67. The van der Waals surface area contributed by atoms with Crippen LogP contribution < -0.4 is 0 Å². The maximum atomic E-state index is 12.6. The molecule has 1 fully saturated rings. The summed E-state index contributed by atoms with van der Waals surface area (Å²) >= 11 is 0. The van der Waals surface area contributed by atoms with Gasteiger partial charge in [0.25, 0.3) is 0 Å². The predicted octanol–water partition coefficient (Wildman–Crippen LogP) is 3.07. The van der Waals surface area contributed by atoms with Gasteiger partial charge >= 0.3 is 0 Å². The Bertz CT molecular complexity index is 281. The minimum absolute atomic E-state index is 0.176. The van der Waals surface area contributed by atoms with E-state index >= 15 is 0 Å². The molecule has 0 N–H and O–H groups in total. The lowest BCUT2D eigenvalue weighted by Crippen LogP contribution is -2.00. The Kier molecular flexibility index (Phi) is 2.32. The molecule has 0 aliphatic carbocycles. The molecule has 0 saturated carbocycles. The van der Waals surface area contributed by atoms with Crippen molar-refractivity contribution in [2.24, 2.45) is 0 Å². The topological polar surface area (TPSA) is 9.23 Å². The van der Waals surface area contributed by atoms with Crippen molar-refractivity contribution in [2.45, 2.75) is 32.0 Å². The van der Waals surface area contributed by atoms with Crippen LogP contribution in [-0.2, 0) is 4.74 Å². The van der Waals surface area contributed by atoms with Crippen molar-refractivity contribution >= 4 is 0 Å². The van der Waals surface area contributed by atoms with Crippen LogP contribution in [0, 0.1) is 5.82 Å². The fraction of sp³-hybridized carbons (Fsp3) is 0.455. The van der Waals surface area contributed by atoms with Crippen LogP contribution >= 0.6 is 0 Å². The van der Waals surface area contributed by atoms with Gasteiger partial charge in [-0.15, -0.1) is 0 Å². The lowest BCUT2D eigenvalue weighted by atomic mass is 10.1. The average molecular weight is 180 g/mol. The van der Waals surface area contributed by atoms with Crippen LogP contribution in [0.1, 0.15) is 31.4 Å². The van der Waals surface area contributed by atoms with Gasteiger partial charge in [0.2, 0.25) is 0 Å². The summed E-state index contributed by atoms with van der Waals surface area (Å²) in [5.41, 5.74) is 1.09. The third-order valence-electron chi connectivity index (χ3n) is 2.47. The van der Waals surface area contributed by atoms with Gasteiger partial charge in [-0.25, -0.2) is 4.39 Å². The molecule has 0 aromatic heterocycles. The maximum absolute atomic E-state index is 12.6. The largest absolute Gasteiger partial charge is 0.371 e. The van der Waals surface area contributed by atoms with Gasteiger partial charge in [0, 0.05) is 0 Å². The van der Waals surface area contributed by atoms with E-state index in [1.54, 1.807) is 12.1 Å². The molecule has 2 heteroatoms. The second-order valence-corrected chi connectivity index (χ2v) is 3.56. The van der Waals surface area contributed by atoms with E-state index in [1.165, 1.54) is 12.1 Å². The fourth-order valence-corrected chi connectivity index (χ4v) is 1.73. The summed E-state index contributed by atoms with van der Waals surface area (Å²) in [6.45, 7) is 2.07. The highest BCUT2D eigenvalue weighted by molar-refractivity contribution is 5.19.